The van der Waals surface area contributed by atoms with E-state index < -0.39 is 0 Å². The van der Waals surface area contributed by atoms with Crippen LogP contribution in [0, 0.1) is 0 Å². The van der Waals surface area contributed by atoms with Crippen molar-refractivity contribution in [1.82, 2.24) is 0 Å². The molecule has 4 aromatic rings. The van der Waals surface area contributed by atoms with Gasteiger partial charge in [-0.15, -0.1) is 20.5 Å². The van der Waals surface area contributed by atoms with Gasteiger partial charge in [0.25, 0.3) is 0 Å². The summed E-state index contributed by atoms with van der Waals surface area (Å²) < 4.78 is 42.1. The summed E-state index contributed by atoms with van der Waals surface area (Å²) >= 11 is 0. The molecular formula is C50H68N4O7. The van der Waals surface area contributed by atoms with Crippen molar-refractivity contribution in [3.8, 4) is 23.0 Å². The molecule has 61 heavy (non-hydrogen) atoms. The zero-order valence-corrected chi connectivity index (χ0v) is 36.7. The molecule has 0 bridgehead atoms. The Kier molecular flexibility index (Phi) is 22.8. The van der Waals surface area contributed by atoms with Crippen LogP contribution in [0.4, 0.5) is 22.7 Å². The fraction of sp³-hybridized carbons (Fsp3) is 0.520. The molecule has 4 aromatic carbocycles. The van der Waals surface area contributed by atoms with Crippen molar-refractivity contribution < 1.29 is 33.2 Å². The molecule has 1 heterocycles. The van der Waals surface area contributed by atoms with E-state index >= 15 is 0 Å². The Morgan fingerprint density at radius 1 is 0.344 bits per heavy atom. The summed E-state index contributed by atoms with van der Waals surface area (Å²) in [5.41, 5.74) is 5.02. The van der Waals surface area contributed by atoms with Gasteiger partial charge in [-0.1, -0.05) is 114 Å². The molecule has 0 aromatic heterocycles. The van der Waals surface area contributed by atoms with Gasteiger partial charge in [0.15, 0.2) is 0 Å². The molecule has 0 radical (unpaired) electrons. The zero-order chi connectivity index (χ0) is 42.4. The summed E-state index contributed by atoms with van der Waals surface area (Å²) in [7, 11) is 0. The summed E-state index contributed by atoms with van der Waals surface area (Å²) in [5.74, 6) is 2.56. The first-order chi connectivity index (χ1) is 30.2. The van der Waals surface area contributed by atoms with Gasteiger partial charge in [-0.3, -0.25) is 0 Å². The SMILES string of the molecule is CCCCCCCCc1ccc2c(c1)N=Nc1ccccc1OCCOCCOCCOc1ccccc1N=Nc1cc(CCCCCCCC)ccc1OCCOCCO2. The molecule has 0 saturated heterocycles. The third-order valence-electron chi connectivity index (χ3n) is 10.3. The molecule has 0 fully saturated rings. The highest BCUT2D eigenvalue weighted by molar-refractivity contribution is 5.57. The molecule has 0 amide bonds. The number of hydrogen-bond acceptors (Lipinski definition) is 11. The molecule has 0 unspecified atom stereocenters. The number of rotatable bonds is 14. The fourth-order valence-corrected chi connectivity index (χ4v) is 6.86. The van der Waals surface area contributed by atoms with Crippen LogP contribution in [0.1, 0.15) is 102 Å². The summed E-state index contributed by atoms with van der Waals surface area (Å²) in [6.45, 7) is 8.33. The first-order valence-electron chi connectivity index (χ1n) is 22.7. The van der Waals surface area contributed by atoms with Crippen molar-refractivity contribution in [2.24, 2.45) is 20.5 Å². The number of para-hydroxylation sites is 2. The average Bonchev–Trinajstić information content (AvgIpc) is 3.28. The van der Waals surface area contributed by atoms with Gasteiger partial charge in [-0.05, 0) is 85.3 Å². The minimum atomic E-state index is 0.345. The lowest BCUT2D eigenvalue weighted by atomic mass is 10.0. The number of azo groups is 2. The number of ether oxygens (including phenoxy) is 7. The van der Waals surface area contributed by atoms with Crippen LogP contribution in [0.25, 0.3) is 0 Å². The Balaban J connectivity index is 1.27. The molecule has 0 aliphatic carbocycles. The third-order valence-corrected chi connectivity index (χ3v) is 10.3. The second-order valence-corrected chi connectivity index (χ2v) is 15.2. The molecule has 1 aliphatic heterocycles. The largest absolute Gasteiger partial charge is 0.489 e. The van der Waals surface area contributed by atoms with Gasteiger partial charge in [-0.25, -0.2) is 0 Å². The lowest BCUT2D eigenvalue weighted by molar-refractivity contribution is 0.0274. The van der Waals surface area contributed by atoms with E-state index in [9.17, 15) is 0 Å². The second kappa shape index (κ2) is 29.4. The van der Waals surface area contributed by atoms with Gasteiger partial charge in [0, 0.05) is 0 Å². The van der Waals surface area contributed by atoms with Gasteiger partial charge in [-0.2, -0.15) is 0 Å². The van der Waals surface area contributed by atoms with Gasteiger partial charge in [0.1, 0.15) is 72.2 Å². The Hall–Kier alpha value is -4.84. The van der Waals surface area contributed by atoms with Crippen LogP contribution in [-0.4, -0.2) is 66.1 Å². The monoisotopic (exact) mass is 837 g/mol. The van der Waals surface area contributed by atoms with E-state index in [2.05, 4.69) is 58.6 Å². The van der Waals surface area contributed by atoms with Crippen LogP contribution in [-0.2, 0) is 27.1 Å². The van der Waals surface area contributed by atoms with Crippen LogP contribution in [0.5, 0.6) is 23.0 Å². The lowest BCUT2D eigenvalue weighted by Crippen LogP contribution is -2.13. The van der Waals surface area contributed by atoms with Crippen molar-refractivity contribution in [3.63, 3.8) is 0 Å². The van der Waals surface area contributed by atoms with Gasteiger partial charge in [0.05, 0.1) is 39.6 Å². The minimum absolute atomic E-state index is 0.345. The quantitative estimate of drug-likeness (QED) is 0.116. The van der Waals surface area contributed by atoms with Crippen molar-refractivity contribution in [2.45, 2.75) is 104 Å². The first kappa shape index (κ1) is 47.2. The molecular weight excluding hydrogens is 769 g/mol. The summed E-state index contributed by atoms with van der Waals surface area (Å²) in [5, 5.41) is 18.6. The van der Waals surface area contributed by atoms with Crippen LogP contribution in [0.3, 0.4) is 0 Å². The Labute approximate surface area is 364 Å². The van der Waals surface area contributed by atoms with E-state index in [1.807, 2.05) is 60.7 Å². The van der Waals surface area contributed by atoms with Crippen molar-refractivity contribution in [3.05, 3.63) is 96.1 Å². The van der Waals surface area contributed by atoms with E-state index in [0.29, 0.717) is 112 Å². The van der Waals surface area contributed by atoms with Crippen LogP contribution in [0.2, 0.25) is 0 Å². The first-order valence-corrected chi connectivity index (χ1v) is 22.7. The van der Waals surface area contributed by atoms with Crippen LogP contribution < -0.4 is 18.9 Å². The maximum absolute atomic E-state index is 6.23. The highest BCUT2D eigenvalue weighted by Gasteiger charge is 2.11. The van der Waals surface area contributed by atoms with E-state index in [4.69, 9.17) is 33.2 Å². The van der Waals surface area contributed by atoms with Gasteiger partial charge < -0.3 is 33.2 Å². The van der Waals surface area contributed by atoms with Crippen molar-refractivity contribution >= 4 is 22.7 Å². The summed E-state index contributed by atoms with van der Waals surface area (Å²) in [4.78, 5) is 0. The van der Waals surface area contributed by atoms with Crippen LogP contribution in [0.15, 0.2) is 105 Å². The minimum Gasteiger partial charge on any atom is -0.489 e. The number of hydrogen-bond donors (Lipinski definition) is 0. The Bertz CT molecular complexity index is 1740. The highest BCUT2D eigenvalue weighted by atomic mass is 16.6. The smallest absolute Gasteiger partial charge is 0.146 e. The van der Waals surface area contributed by atoms with Gasteiger partial charge in [0.2, 0.25) is 0 Å². The topological polar surface area (TPSA) is 114 Å². The summed E-state index contributed by atoms with van der Waals surface area (Å²) in [6.07, 6.45) is 16.9. The molecule has 5 rings (SSSR count). The number of unbranched alkanes of at least 4 members (excludes halogenated alkanes) is 10. The fourth-order valence-electron chi connectivity index (χ4n) is 6.86. The maximum Gasteiger partial charge on any atom is 0.146 e. The van der Waals surface area contributed by atoms with Gasteiger partial charge >= 0.3 is 0 Å². The third kappa shape index (κ3) is 18.4. The van der Waals surface area contributed by atoms with E-state index in [-0.39, 0.29) is 0 Å². The summed E-state index contributed by atoms with van der Waals surface area (Å²) in [6, 6.07) is 27.6. The van der Waals surface area contributed by atoms with Crippen LogP contribution >= 0.6 is 0 Å². The number of nitrogens with zero attached hydrogens (tertiary/aromatic N) is 4. The number of benzene rings is 4. The predicted octanol–water partition coefficient (Wildman–Crippen LogP) is 13.6. The lowest BCUT2D eigenvalue weighted by Gasteiger charge is -2.13. The highest BCUT2D eigenvalue weighted by Crippen LogP contribution is 2.35. The number of aryl methyl sites for hydroxylation is 2. The second-order valence-electron chi connectivity index (χ2n) is 15.2. The molecule has 0 saturated carbocycles. The molecule has 1 aliphatic rings. The maximum atomic E-state index is 6.23. The molecule has 11 heteroatoms. The molecule has 330 valence electrons. The predicted molar refractivity (Wildman–Crippen MR) is 243 cm³/mol. The zero-order valence-electron chi connectivity index (χ0n) is 36.7. The standard InChI is InChI=1S/C50H68N4O7/c1-3-5-7-9-11-13-19-41-25-27-49-45(39-41)53-51-43-21-15-17-23-47(43)58-35-31-55-29-30-56-32-36-59-48-24-18-16-22-44(48)52-54-46-40-42(20-14-12-10-8-6-4-2)26-28-50(46)61-38-34-57-33-37-60-49/h15-18,21-28,39-40H,3-14,19-20,29-38H2,1-2H3. The van der Waals surface area contributed by atoms with E-state index in [1.165, 1.54) is 75.3 Å². The molecule has 0 spiro atoms. The Morgan fingerprint density at radius 2 is 0.672 bits per heavy atom. The van der Waals surface area contributed by atoms with Crippen molar-refractivity contribution in [1.29, 1.82) is 0 Å². The Morgan fingerprint density at radius 3 is 1.08 bits per heavy atom. The number of fused-ring (bicyclic) bond motifs is 4. The van der Waals surface area contributed by atoms with E-state index in [1.54, 1.807) is 0 Å². The molecule has 0 atom stereocenters. The van der Waals surface area contributed by atoms with Crippen molar-refractivity contribution in [2.75, 3.05) is 66.1 Å². The van der Waals surface area contributed by atoms with E-state index in [0.717, 1.165) is 25.7 Å². The molecule has 11 nitrogen and oxygen atoms in total. The normalized spacial score (nSPS) is 14.9. The average molecular weight is 837 g/mol. The molecule has 0 N–H and O–H groups in total.